The van der Waals surface area contributed by atoms with E-state index in [-0.39, 0.29) is 16.9 Å². The monoisotopic (exact) mass is 270 g/mol. The highest BCUT2D eigenvalue weighted by Gasteiger charge is 2.64. The topological polar surface area (TPSA) is 78.4 Å². The van der Waals surface area contributed by atoms with Crippen LogP contribution >= 0.6 is 0 Å². The van der Waals surface area contributed by atoms with Crippen LogP contribution in [0.1, 0.15) is 41.0 Å². The molecule has 0 aromatic rings. The van der Waals surface area contributed by atoms with Crippen LogP contribution < -0.4 is 10.6 Å². The molecule has 1 aliphatic carbocycles. The van der Waals surface area contributed by atoms with Crippen molar-refractivity contribution in [1.29, 1.82) is 0 Å². The first-order valence-electron chi connectivity index (χ1n) is 6.85. The van der Waals surface area contributed by atoms with E-state index >= 15 is 0 Å². The van der Waals surface area contributed by atoms with Crippen LogP contribution in [0, 0.1) is 22.7 Å². The van der Waals surface area contributed by atoms with Gasteiger partial charge in [-0.15, -0.1) is 0 Å². The molecule has 1 unspecified atom stereocenters. The van der Waals surface area contributed by atoms with Crippen LogP contribution in [0.2, 0.25) is 0 Å². The summed E-state index contributed by atoms with van der Waals surface area (Å²) in [5.41, 5.74) is 0.524. The zero-order chi connectivity index (χ0) is 14.8. The Bertz CT molecular complexity index is 350. The van der Waals surface area contributed by atoms with E-state index in [9.17, 15) is 9.59 Å². The van der Waals surface area contributed by atoms with Gasteiger partial charge in [0.05, 0.1) is 5.92 Å². The summed E-state index contributed by atoms with van der Waals surface area (Å²) in [6.45, 7) is 11.5. The molecule has 0 radical (unpaired) electrons. The average Bonchev–Trinajstić information content (AvgIpc) is 2.66. The Labute approximate surface area is 115 Å². The maximum absolute atomic E-state index is 11.6. The highest BCUT2D eigenvalue weighted by atomic mass is 16.4. The lowest BCUT2D eigenvalue weighted by Crippen LogP contribution is -2.38. The van der Waals surface area contributed by atoms with Gasteiger partial charge in [0.2, 0.25) is 0 Å². The summed E-state index contributed by atoms with van der Waals surface area (Å²) in [6, 6.07) is -0.212. The molecule has 0 bridgehead atoms. The molecular weight excluding hydrogens is 244 g/mol. The van der Waals surface area contributed by atoms with E-state index in [0.29, 0.717) is 25.4 Å². The maximum Gasteiger partial charge on any atom is 0.314 e. The summed E-state index contributed by atoms with van der Waals surface area (Å²) in [6.07, 6.45) is 0.448. The predicted molar refractivity (Wildman–Crippen MR) is 73.9 cm³/mol. The van der Waals surface area contributed by atoms with E-state index in [1.807, 2.05) is 0 Å². The average molecular weight is 270 g/mol. The molecule has 0 aromatic heterocycles. The fourth-order valence-corrected chi connectivity index (χ4v) is 2.63. The van der Waals surface area contributed by atoms with Gasteiger partial charge in [-0.1, -0.05) is 34.6 Å². The van der Waals surface area contributed by atoms with E-state index in [0.717, 1.165) is 0 Å². The van der Waals surface area contributed by atoms with Crippen LogP contribution in [0.5, 0.6) is 0 Å². The number of aliphatic carboxylic acids is 1. The summed E-state index contributed by atoms with van der Waals surface area (Å²) in [7, 11) is 0. The molecular formula is C14H26N2O3. The molecule has 1 aliphatic rings. The lowest BCUT2D eigenvalue weighted by molar-refractivity contribution is -0.141. The van der Waals surface area contributed by atoms with Crippen LogP contribution in [-0.4, -0.2) is 30.2 Å². The number of urea groups is 1. The van der Waals surface area contributed by atoms with Crippen LogP contribution in [0.25, 0.3) is 0 Å². The number of carbonyl (C=O) groups excluding carboxylic acids is 1. The molecule has 0 saturated heterocycles. The maximum atomic E-state index is 11.6. The first-order chi connectivity index (χ1) is 8.60. The van der Waals surface area contributed by atoms with Gasteiger partial charge in [0.1, 0.15) is 0 Å². The van der Waals surface area contributed by atoms with Crippen molar-refractivity contribution in [3.8, 4) is 0 Å². The van der Waals surface area contributed by atoms with Crippen molar-refractivity contribution in [3.63, 3.8) is 0 Å². The van der Waals surface area contributed by atoms with E-state index in [4.69, 9.17) is 5.11 Å². The molecule has 19 heavy (non-hydrogen) atoms. The van der Waals surface area contributed by atoms with E-state index in [1.54, 1.807) is 6.92 Å². The third-order valence-electron chi connectivity index (χ3n) is 5.07. The van der Waals surface area contributed by atoms with Crippen molar-refractivity contribution in [3.05, 3.63) is 0 Å². The summed E-state index contributed by atoms with van der Waals surface area (Å²) in [5.74, 6) is -0.769. The summed E-state index contributed by atoms with van der Waals surface area (Å²) < 4.78 is 0. The van der Waals surface area contributed by atoms with Gasteiger partial charge in [-0.2, -0.15) is 0 Å². The number of hydrogen-bond acceptors (Lipinski definition) is 2. The molecule has 110 valence electrons. The van der Waals surface area contributed by atoms with Gasteiger partial charge < -0.3 is 15.7 Å². The van der Waals surface area contributed by atoms with Crippen molar-refractivity contribution in [1.82, 2.24) is 10.6 Å². The molecule has 2 amide bonds. The normalized spacial score (nSPS) is 21.5. The minimum absolute atomic E-state index is 0.212. The molecule has 0 aliphatic heterocycles. The van der Waals surface area contributed by atoms with Crippen molar-refractivity contribution >= 4 is 12.0 Å². The summed E-state index contributed by atoms with van der Waals surface area (Å²) in [5, 5.41) is 14.3. The first kappa shape index (κ1) is 15.8. The molecule has 1 atom stereocenters. The fraction of sp³-hybridized carbons (Fsp3) is 0.857. The number of carboxylic acid groups (broad SMARTS) is 1. The Balaban J connectivity index is 2.18. The van der Waals surface area contributed by atoms with Gasteiger partial charge in [0.25, 0.3) is 0 Å². The molecule has 3 N–H and O–H groups in total. The molecule has 5 nitrogen and oxygen atoms in total. The fourth-order valence-electron chi connectivity index (χ4n) is 2.63. The van der Waals surface area contributed by atoms with Gasteiger partial charge in [0, 0.05) is 13.1 Å². The Morgan fingerprint density at radius 2 is 1.68 bits per heavy atom. The Morgan fingerprint density at radius 3 is 2.11 bits per heavy atom. The first-order valence-corrected chi connectivity index (χ1v) is 6.85. The van der Waals surface area contributed by atoms with E-state index < -0.39 is 11.9 Å². The van der Waals surface area contributed by atoms with Crippen LogP contribution in [-0.2, 0) is 4.79 Å². The second-order valence-corrected chi connectivity index (χ2v) is 6.66. The largest absolute Gasteiger partial charge is 0.481 e. The number of hydrogen-bond donors (Lipinski definition) is 3. The van der Waals surface area contributed by atoms with Crippen LogP contribution in [0.4, 0.5) is 4.79 Å². The Kier molecular flexibility index (Phi) is 4.48. The zero-order valence-electron chi connectivity index (χ0n) is 12.5. The number of carboxylic acids is 1. The van der Waals surface area contributed by atoms with Gasteiger partial charge in [-0.05, 0) is 23.2 Å². The number of amides is 2. The van der Waals surface area contributed by atoms with E-state index in [2.05, 4.69) is 38.3 Å². The SMILES string of the molecule is CC(CCNC(=O)NCC1C(C)(C)C1(C)C)C(=O)O. The van der Waals surface area contributed by atoms with Gasteiger partial charge in [-0.3, -0.25) is 4.79 Å². The summed E-state index contributed by atoms with van der Waals surface area (Å²) >= 11 is 0. The van der Waals surface area contributed by atoms with Crippen LogP contribution in [0.15, 0.2) is 0 Å². The highest BCUT2D eigenvalue weighted by molar-refractivity contribution is 5.74. The van der Waals surface area contributed by atoms with Crippen molar-refractivity contribution in [2.45, 2.75) is 41.0 Å². The third-order valence-corrected chi connectivity index (χ3v) is 5.07. The molecule has 0 aromatic carbocycles. The van der Waals surface area contributed by atoms with Crippen LogP contribution in [0.3, 0.4) is 0 Å². The number of nitrogens with one attached hydrogen (secondary N) is 2. The minimum atomic E-state index is -0.830. The van der Waals surface area contributed by atoms with Crippen molar-refractivity contribution < 1.29 is 14.7 Å². The van der Waals surface area contributed by atoms with Gasteiger partial charge >= 0.3 is 12.0 Å². The Morgan fingerprint density at radius 1 is 1.16 bits per heavy atom. The van der Waals surface area contributed by atoms with Gasteiger partial charge in [-0.25, -0.2) is 4.79 Å². The molecule has 1 saturated carbocycles. The predicted octanol–water partition coefficient (Wildman–Crippen LogP) is 2.08. The molecule has 1 fully saturated rings. The second-order valence-electron chi connectivity index (χ2n) is 6.66. The molecule has 1 rings (SSSR count). The Hall–Kier alpha value is -1.26. The highest BCUT2D eigenvalue weighted by Crippen LogP contribution is 2.67. The lowest BCUT2D eigenvalue weighted by atomic mass is 10.0. The van der Waals surface area contributed by atoms with E-state index in [1.165, 1.54) is 0 Å². The number of rotatable bonds is 6. The van der Waals surface area contributed by atoms with Gasteiger partial charge in [0.15, 0.2) is 0 Å². The smallest absolute Gasteiger partial charge is 0.314 e. The summed E-state index contributed by atoms with van der Waals surface area (Å²) in [4.78, 5) is 22.2. The standard InChI is InChI=1S/C14H26N2O3/c1-9(11(17)18)6-7-15-12(19)16-8-10-13(2,3)14(10,4)5/h9-10H,6-8H2,1-5H3,(H,17,18)(H2,15,16,19). The van der Waals surface area contributed by atoms with Crippen molar-refractivity contribution in [2.24, 2.45) is 22.7 Å². The third kappa shape index (κ3) is 3.39. The quantitative estimate of drug-likeness (QED) is 0.691. The molecule has 0 heterocycles. The second kappa shape index (κ2) is 5.39. The molecule has 0 spiro atoms. The molecule has 5 heteroatoms. The number of carbonyl (C=O) groups is 2. The zero-order valence-corrected chi connectivity index (χ0v) is 12.5. The minimum Gasteiger partial charge on any atom is -0.481 e. The lowest BCUT2D eigenvalue weighted by Gasteiger charge is -2.10. The van der Waals surface area contributed by atoms with Crippen molar-refractivity contribution in [2.75, 3.05) is 13.1 Å².